The van der Waals surface area contributed by atoms with Gasteiger partial charge in [-0.2, -0.15) is 0 Å². The van der Waals surface area contributed by atoms with Crippen LogP contribution in [0.2, 0.25) is 0 Å². The van der Waals surface area contributed by atoms with Crippen molar-refractivity contribution in [3.8, 4) is 0 Å². The summed E-state index contributed by atoms with van der Waals surface area (Å²) in [5.74, 6) is 0.328. The van der Waals surface area contributed by atoms with E-state index in [1.807, 2.05) is 59.5 Å². The Morgan fingerprint density at radius 3 is 2.17 bits per heavy atom. The van der Waals surface area contributed by atoms with Gasteiger partial charge in [-0.3, -0.25) is 9.59 Å². The van der Waals surface area contributed by atoms with Crippen LogP contribution in [-0.4, -0.2) is 48.4 Å². The third kappa shape index (κ3) is 6.43. The fraction of sp³-hybridized carbons (Fsp3) is 0.314. The summed E-state index contributed by atoms with van der Waals surface area (Å²) in [6, 6.07) is 34.5. The molecule has 1 saturated heterocycles. The number of amides is 2. The Kier molecular flexibility index (Phi) is 8.92. The van der Waals surface area contributed by atoms with Crippen LogP contribution in [0, 0.1) is 5.92 Å². The Hall–Kier alpha value is -3.96. The van der Waals surface area contributed by atoms with Gasteiger partial charge in [-0.1, -0.05) is 111 Å². The van der Waals surface area contributed by atoms with Crippen molar-refractivity contribution in [3.63, 3.8) is 0 Å². The second-order valence-corrected chi connectivity index (χ2v) is 10.9. The van der Waals surface area contributed by atoms with E-state index in [1.54, 1.807) is 0 Å². The van der Waals surface area contributed by atoms with E-state index in [1.165, 1.54) is 11.1 Å². The lowest BCUT2D eigenvalue weighted by molar-refractivity contribution is -0.134. The van der Waals surface area contributed by atoms with Gasteiger partial charge < -0.3 is 15.5 Å². The summed E-state index contributed by atoms with van der Waals surface area (Å²) < 4.78 is 0. The zero-order chi connectivity index (χ0) is 27.9. The molecule has 4 aromatic carbocycles. The minimum atomic E-state index is -0.290. The molecule has 1 unspecified atom stereocenters. The number of carbonyl (C=O) groups is 2. The molecular formula is C35H39N3O2. The largest absolute Gasteiger partial charge is 0.350 e. The second kappa shape index (κ2) is 12.9. The summed E-state index contributed by atoms with van der Waals surface area (Å²) in [5.41, 5.74) is 3.06. The first kappa shape index (κ1) is 27.6. The molecule has 0 saturated carbocycles. The molecule has 2 amide bonds. The highest BCUT2D eigenvalue weighted by Crippen LogP contribution is 2.27. The highest BCUT2D eigenvalue weighted by Gasteiger charge is 2.35. The third-order valence-corrected chi connectivity index (χ3v) is 8.28. The lowest BCUT2D eigenvalue weighted by Crippen LogP contribution is -2.52. The average molecular weight is 534 g/mol. The molecule has 5 rings (SSSR count). The van der Waals surface area contributed by atoms with Crippen LogP contribution < -0.4 is 10.6 Å². The van der Waals surface area contributed by atoms with Crippen molar-refractivity contribution in [2.45, 2.75) is 44.7 Å². The third-order valence-electron chi connectivity index (χ3n) is 8.28. The monoisotopic (exact) mass is 533 g/mol. The summed E-state index contributed by atoms with van der Waals surface area (Å²) in [6.07, 6.45) is 1.67. The molecule has 0 bridgehead atoms. The number of hydrogen-bond acceptors (Lipinski definition) is 3. The van der Waals surface area contributed by atoms with Crippen LogP contribution in [0.25, 0.3) is 10.8 Å². The van der Waals surface area contributed by atoms with E-state index < -0.39 is 0 Å². The van der Waals surface area contributed by atoms with Gasteiger partial charge in [0.1, 0.15) is 0 Å². The van der Waals surface area contributed by atoms with Crippen LogP contribution in [-0.2, 0) is 4.79 Å². The molecule has 1 fully saturated rings. The van der Waals surface area contributed by atoms with Crippen molar-refractivity contribution < 1.29 is 9.59 Å². The highest BCUT2D eigenvalue weighted by molar-refractivity contribution is 5.98. The molecule has 1 aliphatic heterocycles. The molecule has 4 aromatic rings. The van der Waals surface area contributed by atoms with Crippen LogP contribution >= 0.6 is 0 Å². The Morgan fingerprint density at radius 1 is 0.900 bits per heavy atom. The molecule has 1 heterocycles. The first-order valence-electron chi connectivity index (χ1n) is 14.4. The molecule has 5 heteroatoms. The molecule has 3 atom stereocenters. The zero-order valence-electron chi connectivity index (χ0n) is 23.4. The maximum absolute atomic E-state index is 13.9. The van der Waals surface area contributed by atoms with Gasteiger partial charge >= 0.3 is 0 Å². The Bertz CT molecular complexity index is 1380. The van der Waals surface area contributed by atoms with Crippen LogP contribution in [0.15, 0.2) is 103 Å². The molecule has 40 heavy (non-hydrogen) atoms. The number of nitrogens with zero attached hydrogens (tertiary/aromatic N) is 1. The highest BCUT2D eigenvalue weighted by atomic mass is 16.2. The molecule has 5 nitrogen and oxygen atoms in total. The van der Waals surface area contributed by atoms with E-state index in [-0.39, 0.29) is 35.7 Å². The standard InChI is InChI=1S/C35H39N3O2/c1-3-25(2)33-35(40)38(24-32(27-13-6-4-7-14-27)28-15-8-5-9-16-28)21-20-31(37-33)23-36-34(39)30-19-18-26-12-10-11-17-29(26)22-30/h4-19,22,25,31-33,37H,3,20-21,23-24H2,1-2H3,(H,36,39)/t25?,31-,33-/m0/s1. The fourth-order valence-electron chi connectivity index (χ4n) is 5.66. The summed E-state index contributed by atoms with van der Waals surface area (Å²) in [5, 5.41) is 8.92. The molecule has 206 valence electrons. The maximum Gasteiger partial charge on any atom is 0.251 e. The van der Waals surface area contributed by atoms with Crippen LogP contribution in [0.1, 0.15) is 54.1 Å². The molecule has 0 aliphatic carbocycles. The van der Waals surface area contributed by atoms with Gasteiger partial charge in [0.2, 0.25) is 5.91 Å². The first-order valence-corrected chi connectivity index (χ1v) is 14.4. The fourth-order valence-corrected chi connectivity index (χ4v) is 5.66. The van der Waals surface area contributed by atoms with Crippen molar-refractivity contribution in [2.75, 3.05) is 19.6 Å². The maximum atomic E-state index is 13.9. The Morgan fingerprint density at radius 2 is 1.52 bits per heavy atom. The topological polar surface area (TPSA) is 61.4 Å². The van der Waals surface area contributed by atoms with Gasteiger partial charge in [0.15, 0.2) is 0 Å². The molecule has 0 aromatic heterocycles. The molecule has 1 aliphatic rings. The van der Waals surface area contributed by atoms with Crippen LogP contribution in [0.4, 0.5) is 0 Å². The first-order chi connectivity index (χ1) is 19.5. The summed E-state index contributed by atoms with van der Waals surface area (Å²) in [6.45, 7) is 6.00. The van der Waals surface area contributed by atoms with Crippen LogP contribution in [0.5, 0.6) is 0 Å². The van der Waals surface area contributed by atoms with Gasteiger partial charge in [-0.25, -0.2) is 0 Å². The van der Waals surface area contributed by atoms with Crippen molar-refractivity contribution >= 4 is 22.6 Å². The number of hydrogen-bond donors (Lipinski definition) is 2. The van der Waals surface area contributed by atoms with Crippen molar-refractivity contribution in [3.05, 3.63) is 120 Å². The van der Waals surface area contributed by atoms with E-state index >= 15 is 0 Å². The predicted molar refractivity (Wildman–Crippen MR) is 162 cm³/mol. The van der Waals surface area contributed by atoms with Gasteiger partial charge in [-0.05, 0) is 46.4 Å². The van der Waals surface area contributed by atoms with E-state index in [0.717, 1.165) is 23.6 Å². The molecule has 0 radical (unpaired) electrons. The molecule has 2 N–H and O–H groups in total. The van der Waals surface area contributed by atoms with Gasteiger partial charge in [0, 0.05) is 37.2 Å². The normalized spacial score (nSPS) is 18.5. The lowest BCUT2D eigenvalue weighted by atomic mass is 9.90. The molecular weight excluding hydrogens is 494 g/mol. The minimum absolute atomic E-state index is 0.00394. The Labute approximate surface area is 237 Å². The quantitative estimate of drug-likeness (QED) is 0.277. The average Bonchev–Trinajstić information content (AvgIpc) is 3.17. The summed E-state index contributed by atoms with van der Waals surface area (Å²) in [4.78, 5) is 29.1. The van der Waals surface area contributed by atoms with Crippen LogP contribution in [0.3, 0.4) is 0 Å². The smallest absolute Gasteiger partial charge is 0.251 e. The minimum Gasteiger partial charge on any atom is -0.350 e. The number of nitrogens with one attached hydrogen (secondary N) is 2. The van der Waals surface area contributed by atoms with E-state index in [2.05, 4.69) is 73.0 Å². The van der Waals surface area contributed by atoms with E-state index in [9.17, 15) is 9.59 Å². The molecule has 0 spiro atoms. The number of rotatable bonds is 9. The summed E-state index contributed by atoms with van der Waals surface area (Å²) >= 11 is 0. The summed E-state index contributed by atoms with van der Waals surface area (Å²) in [7, 11) is 0. The van der Waals surface area contributed by atoms with E-state index in [0.29, 0.717) is 25.2 Å². The second-order valence-electron chi connectivity index (χ2n) is 10.9. The van der Waals surface area contributed by atoms with Crippen molar-refractivity contribution in [1.82, 2.24) is 15.5 Å². The van der Waals surface area contributed by atoms with Gasteiger partial charge in [0.25, 0.3) is 5.91 Å². The predicted octanol–water partition coefficient (Wildman–Crippen LogP) is 6.01. The number of fused-ring (bicyclic) bond motifs is 1. The van der Waals surface area contributed by atoms with Crippen molar-refractivity contribution in [2.24, 2.45) is 5.92 Å². The van der Waals surface area contributed by atoms with Crippen molar-refractivity contribution in [1.29, 1.82) is 0 Å². The van der Waals surface area contributed by atoms with Gasteiger partial charge in [-0.15, -0.1) is 0 Å². The lowest BCUT2D eigenvalue weighted by Gasteiger charge is -2.31. The van der Waals surface area contributed by atoms with Gasteiger partial charge in [0.05, 0.1) is 6.04 Å². The Balaban J connectivity index is 1.31. The SMILES string of the molecule is CCC(C)[C@@H]1N[C@H](CNC(=O)c2ccc3ccccc3c2)CCN(CC(c2ccccc2)c2ccccc2)C1=O. The number of carbonyl (C=O) groups excluding carboxylic acids is 2. The van der Waals surface area contributed by atoms with E-state index in [4.69, 9.17) is 0 Å². The zero-order valence-corrected chi connectivity index (χ0v) is 23.4. The number of benzene rings is 4.